The van der Waals surface area contributed by atoms with E-state index >= 15 is 0 Å². The molecule has 9 aromatic rings. The summed E-state index contributed by atoms with van der Waals surface area (Å²) in [6.45, 7) is 21.8. The molecule has 0 amide bonds. The fourth-order valence-electron chi connectivity index (χ4n) is 13.1. The van der Waals surface area contributed by atoms with Crippen LogP contribution in [-0.4, -0.2) is 13.4 Å². The number of halogens is 2. The van der Waals surface area contributed by atoms with Gasteiger partial charge in [0.25, 0.3) is 13.4 Å². The van der Waals surface area contributed by atoms with Crippen LogP contribution in [0.4, 0.5) is 68.2 Å². The number of nitrogens with zero attached hydrogens (tertiary/aromatic N) is 4. The number of fused-ring (bicyclic) bond motifs is 8. The van der Waals surface area contributed by atoms with Crippen LogP contribution in [0.5, 0.6) is 0 Å². The van der Waals surface area contributed by atoms with E-state index in [4.69, 9.17) is 23.2 Å². The van der Waals surface area contributed by atoms with Crippen molar-refractivity contribution in [3.05, 3.63) is 211 Å². The summed E-state index contributed by atoms with van der Waals surface area (Å²) in [6, 6.07) is 55.6. The molecule has 0 radical (unpaired) electrons. The minimum atomic E-state index is -0.119. The quantitative estimate of drug-likeness (QED) is 0.163. The Morgan fingerprint density at radius 3 is 0.764 bits per heavy atom. The second-order valence-electron chi connectivity index (χ2n) is 21.4. The fraction of sp³-hybridized carbons (Fsp3) is 0.156. The summed E-state index contributed by atoms with van der Waals surface area (Å²) in [5.41, 5.74) is 33.1. The third kappa shape index (κ3) is 6.90. The molecule has 0 N–H and O–H groups in total. The first kappa shape index (κ1) is 44.8. The number of hydrogen-bond acceptors (Lipinski definition) is 4. The molecule has 9 aromatic carbocycles. The first-order valence-corrected chi connectivity index (χ1v) is 25.9. The Morgan fingerprint density at radius 1 is 0.250 bits per heavy atom. The maximum absolute atomic E-state index is 7.49. The average Bonchev–Trinajstić information content (AvgIpc) is 3.29. The maximum Gasteiger partial charge on any atom is 0.252 e. The molecule has 13 rings (SSSR count). The topological polar surface area (TPSA) is 13.0 Å². The number of benzene rings is 9. The van der Waals surface area contributed by atoms with Gasteiger partial charge in [0, 0.05) is 78.3 Å². The largest absolute Gasteiger partial charge is 0.311 e. The number of aryl methyl sites for hydroxylation is 10. The van der Waals surface area contributed by atoms with Crippen molar-refractivity contribution < 1.29 is 0 Å². The van der Waals surface area contributed by atoms with E-state index in [1.807, 2.05) is 0 Å². The summed E-state index contributed by atoms with van der Waals surface area (Å²) in [4.78, 5) is 9.99. The zero-order valence-corrected chi connectivity index (χ0v) is 44.1. The molecular weight excluding hydrogens is 917 g/mol. The van der Waals surface area contributed by atoms with Gasteiger partial charge in [-0.3, -0.25) is 0 Å². The highest BCUT2D eigenvalue weighted by Crippen LogP contribution is 2.50. The summed E-state index contributed by atoms with van der Waals surface area (Å²) in [5, 5.41) is 1.39. The molecule has 0 fully saturated rings. The zero-order chi connectivity index (χ0) is 49.8. The van der Waals surface area contributed by atoms with Gasteiger partial charge in [0.1, 0.15) is 0 Å². The monoisotopic (exact) mass is 970 g/mol. The molecule has 4 aliphatic rings. The van der Waals surface area contributed by atoms with E-state index in [1.54, 1.807) is 0 Å². The van der Waals surface area contributed by atoms with Crippen LogP contribution >= 0.6 is 23.2 Å². The second kappa shape index (κ2) is 16.2. The van der Waals surface area contributed by atoms with Gasteiger partial charge >= 0.3 is 0 Å². The van der Waals surface area contributed by atoms with Gasteiger partial charge in [0.15, 0.2) is 0 Å². The van der Waals surface area contributed by atoms with Crippen molar-refractivity contribution in [2.75, 3.05) is 19.6 Å². The Hall–Kier alpha value is -7.11. The lowest BCUT2D eigenvalue weighted by atomic mass is 9.31. The molecule has 0 aromatic heterocycles. The molecule has 0 unspecified atom stereocenters. The SMILES string of the molecule is Cc1cc(C)cc(N2c3cc(C)ccc3B3c4cc5c(cc4N(c4cc(C)cc(C)c4)c4cc(Cl)cc2c43)B2c3ccc(C)cc3N(c3cc(C)cc(C)c3)c3cc(Cl)cc(c32)N5c2cc(C)cc(C)c2)c1. The Bertz CT molecular complexity index is 3530. The van der Waals surface area contributed by atoms with E-state index in [0.717, 1.165) is 56.9 Å². The normalized spacial score (nSPS) is 13.7. The second-order valence-corrected chi connectivity index (χ2v) is 22.3. The van der Waals surface area contributed by atoms with Crippen LogP contribution in [0.2, 0.25) is 10.0 Å². The first-order chi connectivity index (χ1) is 34.6. The highest BCUT2D eigenvalue weighted by molar-refractivity contribution is 7.02. The molecule has 0 saturated carbocycles. The Morgan fingerprint density at radius 2 is 0.500 bits per heavy atom. The highest BCUT2D eigenvalue weighted by atomic mass is 35.5. The molecule has 4 nitrogen and oxygen atoms in total. The third-order valence-corrected chi connectivity index (χ3v) is 15.8. The third-order valence-electron chi connectivity index (χ3n) is 15.4. The van der Waals surface area contributed by atoms with E-state index in [9.17, 15) is 0 Å². The van der Waals surface area contributed by atoms with Crippen molar-refractivity contribution >= 4 is 138 Å². The molecule has 0 spiro atoms. The number of rotatable bonds is 4. The van der Waals surface area contributed by atoms with Gasteiger partial charge in [-0.15, -0.1) is 0 Å². The molecule has 0 aliphatic carbocycles. The average molecular weight is 972 g/mol. The molecule has 4 heterocycles. The van der Waals surface area contributed by atoms with Gasteiger partial charge in [-0.25, -0.2) is 0 Å². The Labute approximate surface area is 435 Å². The van der Waals surface area contributed by atoms with Gasteiger partial charge in [-0.1, -0.05) is 71.7 Å². The highest BCUT2D eigenvalue weighted by Gasteiger charge is 2.48. The predicted octanol–water partition coefficient (Wildman–Crippen LogP) is 14.2. The van der Waals surface area contributed by atoms with Gasteiger partial charge in [0.05, 0.1) is 0 Å². The van der Waals surface area contributed by atoms with Gasteiger partial charge in [-0.2, -0.15) is 0 Å². The van der Waals surface area contributed by atoms with E-state index in [0.29, 0.717) is 10.0 Å². The van der Waals surface area contributed by atoms with Crippen LogP contribution in [-0.2, 0) is 0 Å². The summed E-state index contributed by atoms with van der Waals surface area (Å²) in [5.74, 6) is 0. The number of hydrogen-bond donors (Lipinski definition) is 0. The molecule has 350 valence electrons. The summed E-state index contributed by atoms with van der Waals surface area (Å²) in [7, 11) is 0. The lowest BCUT2D eigenvalue weighted by Gasteiger charge is -2.47. The van der Waals surface area contributed by atoms with E-state index in [1.165, 1.54) is 99.8 Å². The Balaban J connectivity index is 1.17. The molecule has 72 heavy (non-hydrogen) atoms. The van der Waals surface area contributed by atoms with Crippen molar-refractivity contribution in [1.82, 2.24) is 0 Å². The lowest BCUT2D eigenvalue weighted by Crippen LogP contribution is -2.64. The maximum atomic E-state index is 7.49. The minimum Gasteiger partial charge on any atom is -0.311 e. The molecule has 4 aliphatic heterocycles. The lowest BCUT2D eigenvalue weighted by molar-refractivity contribution is 1.21. The number of anilines is 12. The smallest absolute Gasteiger partial charge is 0.252 e. The van der Waals surface area contributed by atoms with Crippen molar-refractivity contribution in [2.24, 2.45) is 0 Å². The Kier molecular flexibility index (Phi) is 10.1. The van der Waals surface area contributed by atoms with Crippen LogP contribution < -0.4 is 52.4 Å². The molecular formula is C64H54B2Cl2N4. The summed E-state index contributed by atoms with van der Waals surface area (Å²) < 4.78 is 0. The zero-order valence-electron chi connectivity index (χ0n) is 42.6. The van der Waals surface area contributed by atoms with Crippen molar-refractivity contribution in [1.29, 1.82) is 0 Å². The van der Waals surface area contributed by atoms with Crippen LogP contribution in [0.25, 0.3) is 0 Å². The first-order valence-electron chi connectivity index (χ1n) is 25.2. The van der Waals surface area contributed by atoms with Crippen molar-refractivity contribution in [3.8, 4) is 0 Å². The fourth-order valence-corrected chi connectivity index (χ4v) is 13.5. The molecule has 0 saturated heterocycles. The molecule has 0 bridgehead atoms. The van der Waals surface area contributed by atoms with Gasteiger partial charge in [0.2, 0.25) is 0 Å². The van der Waals surface area contributed by atoms with Crippen LogP contribution in [0.1, 0.15) is 55.6 Å². The van der Waals surface area contributed by atoms with E-state index in [-0.39, 0.29) is 13.4 Å². The van der Waals surface area contributed by atoms with E-state index < -0.39 is 0 Å². The predicted molar refractivity (Wildman–Crippen MR) is 312 cm³/mol. The van der Waals surface area contributed by atoms with Crippen LogP contribution in [0, 0.1) is 69.2 Å². The summed E-state index contributed by atoms with van der Waals surface area (Å²) >= 11 is 15.0. The van der Waals surface area contributed by atoms with Crippen molar-refractivity contribution in [2.45, 2.75) is 69.2 Å². The standard InChI is InChI=1S/C64H54B2Cl2N4/c1-35-11-13-51-55(27-35)69(47-19-37(3)15-38(4)20-47)59-29-45(67)31-61-63(59)65(51)53-33-58-54(34-57(53)71(61)49-23-41(7)17-42(8)24-49)66-52-14-12-36(2)28-56(52)70(48-21-39(5)16-40(6)22-48)60-30-46(68)32-62(64(60)66)72(58)50-25-43(9)18-44(10)26-50/h11-34H,1-10H3. The summed E-state index contributed by atoms with van der Waals surface area (Å²) in [6.07, 6.45) is 0. The van der Waals surface area contributed by atoms with Gasteiger partial charge in [-0.05, 0) is 255 Å². The molecule has 0 atom stereocenters. The molecule has 8 heteroatoms. The van der Waals surface area contributed by atoms with Crippen LogP contribution in [0.15, 0.2) is 146 Å². The van der Waals surface area contributed by atoms with Crippen LogP contribution in [0.3, 0.4) is 0 Å². The van der Waals surface area contributed by atoms with Gasteiger partial charge < -0.3 is 19.6 Å². The van der Waals surface area contributed by atoms with E-state index in [2.05, 4.69) is 234 Å². The van der Waals surface area contributed by atoms with Crippen molar-refractivity contribution in [3.63, 3.8) is 0 Å². The minimum absolute atomic E-state index is 0.119.